The van der Waals surface area contributed by atoms with E-state index in [-0.39, 0.29) is 12.7 Å². The largest absolute Gasteiger partial charge is 0.454 e. The van der Waals surface area contributed by atoms with Crippen molar-refractivity contribution in [1.29, 1.82) is 0 Å². The first-order chi connectivity index (χ1) is 10.2. The van der Waals surface area contributed by atoms with Gasteiger partial charge in [-0.25, -0.2) is 0 Å². The fraction of sp³-hybridized carbons (Fsp3) is 0.467. The molecule has 0 spiro atoms. The van der Waals surface area contributed by atoms with Crippen molar-refractivity contribution in [2.24, 2.45) is 5.73 Å². The van der Waals surface area contributed by atoms with Gasteiger partial charge < -0.3 is 20.1 Å². The Kier molecular flexibility index (Phi) is 3.68. The van der Waals surface area contributed by atoms with Crippen molar-refractivity contribution in [3.8, 4) is 11.5 Å². The van der Waals surface area contributed by atoms with Crippen LogP contribution in [0.25, 0.3) is 0 Å². The highest BCUT2D eigenvalue weighted by Gasteiger charge is 2.32. The minimum absolute atomic E-state index is 0.0344. The van der Waals surface area contributed by atoms with Crippen LogP contribution in [0, 0.1) is 0 Å². The van der Waals surface area contributed by atoms with E-state index in [2.05, 4.69) is 0 Å². The van der Waals surface area contributed by atoms with Gasteiger partial charge in [0, 0.05) is 13.0 Å². The van der Waals surface area contributed by atoms with E-state index in [4.69, 9.17) is 15.2 Å². The van der Waals surface area contributed by atoms with E-state index in [9.17, 15) is 9.59 Å². The third-order valence-corrected chi connectivity index (χ3v) is 3.99. The van der Waals surface area contributed by atoms with E-state index >= 15 is 0 Å². The molecule has 21 heavy (non-hydrogen) atoms. The summed E-state index contributed by atoms with van der Waals surface area (Å²) in [5.41, 5.74) is 6.29. The number of hydrogen-bond donors (Lipinski definition) is 1. The summed E-state index contributed by atoms with van der Waals surface area (Å²) in [7, 11) is 0. The van der Waals surface area contributed by atoms with Crippen molar-refractivity contribution < 1.29 is 19.1 Å². The van der Waals surface area contributed by atoms with Crippen LogP contribution in [0.15, 0.2) is 18.2 Å². The summed E-state index contributed by atoms with van der Waals surface area (Å²) >= 11 is 0. The smallest absolute Gasteiger partial charge is 0.240 e. The molecule has 1 atom stereocenters. The number of hydrogen-bond acceptors (Lipinski definition) is 4. The topological polar surface area (TPSA) is 81.9 Å². The van der Waals surface area contributed by atoms with Gasteiger partial charge in [-0.1, -0.05) is 12.1 Å². The van der Waals surface area contributed by atoms with Gasteiger partial charge in [0.15, 0.2) is 11.5 Å². The van der Waals surface area contributed by atoms with Gasteiger partial charge in [-0.2, -0.15) is 0 Å². The second kappa shape index (κ2) is 5.63. The normalized spacial score (nSPS) is 19.8. The number of amides is 2. The minimum atomic E-state index is -0.446. The first kappa shape index (κ1) is 13.7. The number of fused-ring (bicyclic) bond motifs is 1. The van der Waals surface area contributed by atoms with Gasteiger partial charge >= 0.3 is 0 Å². The quantitative estimate of drug-likeness (QED) is 0.890. The lowest BCUT2D eigenvalue weighted by molar-refractivity contribution is -0.137. The minimum Gasteiger partial charge on any atom is -0.454 e. The number of ether oxygens (including phenoxy) is 2. The van der Waals surface area contributed by atoms with E-state index in [1.807, 2.05) is 18.2 Å². The van der Waals surface area contributed by atoms with Crippen molar-refractivity contribution in [3.63, 3.8) is 0 Å². The fourth-order valence-electron chi connectivity index (χ4n) is 2.93. The Balaban J connectivity index is 1.64. The van der Waals surface area contributed by atoms with E-state index in [0.717, 1.165) is 23.5 Å². The van der Waals surface area contributed by atoms with Gasteiger partial charge in [-0.05, 0) is 30.9 Å². The first-order valence-electron chi connectivity index (χ1n) is 7.13. The van der Waals surface area contributed by atoms with Crippen molar-refractivity contribution in [2.75, 3.05) is 13.3 Å². The second-order valence-electron chi connectivity index (χ2n) is 5.30. The molecule has 2 heterocycles. The summed E-state index contributed by atoms with van der Waals surface area (Å²) in [6.07, 6.45) is 2.40. The lowest BCUT2D eigenvalue weighted by Gasteiger charge is -2.22. The highest BCUT2D eigenvalue weighted by atomic mass is 16.7. The van der Waals surface area contributed by atoms with E-state index < -0.39 is 11.9 Å². The standard InChI is InChI=1S/C15H18N2O4/c16-15(19)11-4-2-8-17(11)13(18)7-6-10-3-1-5-12-14(10)21-9-20-12/h1,3,5,11H,2,4,6-9H2,(H2,16,19). The summed E-state index contributed by atoms with van der Waals surface area (Å²) in [5.74, 6) is 0.986. The van der Waals surface area contributed by atoms with Crippen molar-refractivity contribution in [1.82, 2.24) is 4.90 Å². The number of para-hydroxylation sites is 1. The number of primary amides is 1. The van der Waals surface area contributed by atoms with Crippen LogP contribution in [0.3, 0.4) is 0 Å². The van der Waals surface area contributed by atoms with Crippen LogP contribution in [-0.4, -0.2) is 36.1 Å². The molecule has 6 nitrogen and oxygen atoms in total. The van der Waals surface area contributed by atoms with Gasteiger partial charge in [0.05, 0.1) is 0 Å². The number of rotatable bonds is 4. The SMILES string of the molecule is NC(=O)C1CCCN1C(=O)CCc1cccc2c1OCO2. The highest BCUT2D eigenvalue weighted by molar-refractivity contribution is 5.87. The summed E-state index contributed by atoms with van der Waals surface area (Å²) in [6.45, 7) is 0.828. The summed E-state index contributed by atoms with van der Waals surface area (Å²) < 4.78 is 10.7. The maximum absolute atomic E-state index is 12.3. The molecule has 1 fully saturated rings. The Morgan fingerprint density at radius 1 is 1.33 bits per heavy atom. The van der Waals surface area contributed by atoms with Crippen LogP contribution in [0.4, 0.5) is 0 Å². The third kappa shape index (κ3) is 2.66. The van der Waals surface area contributed by atoms with E-state index in [1.165, 1.54) is 0 Å². The predicted octanol–water partition coefficient (Wildman–Crippen LogP) is 0.824. The maximum Gasteiger partial charge on any atom is 0.240 e. The van der Waals surface area contributed by atoms with Gasteiger partial charge in [0.1, 0.15) is 6.04 Å². The number of carbonyl (C=O) groups is 2. The zero-order valence-corrected chi connectivity index (χ0v) is 11.7. The third-order valence-electron chi connectivity index (χ3n) is 3.99. The molecule has 1 saturated heterocycles. The molecule has 1 aromatic rings. The van der Waals surface area contributed by atoms with Gasteiger partial charge in [-0.3, -0.25) is 9.59 Å². The lowest BCUT2D eigenvalue weighted by Crippen LogP contribution is -2.43. The van der Waals surface area contributed by atoms with E-state index in [0.29, 0.717) is 25.8 Å². The van der Waals surface area contributed by atoms with Gasteiger partial charge in [-0.15, -0.1) is 0 Å². The van der Waals surface area contributed by atoms with Gasteiger partial charge in [0.25, 0.3) is 0 Å². The molecule has 0 bridgehead atoms. The Bertz CT molecular complexity index is 573. The Hall–Kier alpha value is -2.24. The van der Waals surface area contributed by atoms with Crippen LogP contribution in [-0.2, 0) is 16.0 Å². The van der Waals surface area contributed by atoms with Crippen LogP contribution in [0.1, 0.15) is 24.8 Å². The maximum atomic E-state index is 12.3. The predicted molar refractivity (Wildman–Crippen MR) is 74.8 cm³/mol. The molecule has 1 unspecified atom stereocenters. The first-order valence-corrected chi connectivity index (χ1v) is 7.13. The second-order valence-corrected chi connectivity index (χ2v) is 5.30. The molecule has 6 heteroatoms. The number of nitrogens with two attached hydrogens (primary N) is 1. The van der Waals surface area contributed by atoms with Gasteiger partial charge in [0.2, 0.25) is 18.6 Å². The summed E-state index contributed by atoms with van der Waals surface area (Å²) in [6, 6.07) is 5.21. The molecule has 2 aliphatic rings. The molecule has 0 radical (unpaired) electrons. The molecule has 0 aliphatic carbocycles. The van der Waals surface area contributed by atoms with Crippen LogP contribution >= 0.6 is 0 Å². The summed E-state index contributed by atoms with van der Waals surface area (Å²) in [5, 5.41) is 0. The number of likely N-dealkylation sites (tertiary alicyclic amines) is 1. The highest BCUT2D eigenvalue weighted by Crippen LogP contribution is 2.36. The van der Waals surface area contributed by atoms with Crippen molar-refractivity contribution in [2.45, 2.75) is 31.7 Å². The summed E-state index contributed by atoms with van der Waals surface area (Å²) in [4.78, 5) is 25.2. The van der Waals surface area contributed by atoms with Crippen LogP contribution < -0.4 is 15.2 Å². The van der Waals surface area contributed by atoms with E-state index in [1.54, 1.807) is 4.90 Å². The number of nitrogens with zero attached hydrogens (tertiary/aromatic N) is 1. The molecule has 2 N–H and O–H groups in total. The molecule has 2 aliphatic heterocycles. The Morgan fingerprint density at radius 2 is 2.19 bits per heavy atom. The van der Waals surface area contributed by atoms with Crippen molar-refractivity contribution >= 4 is 11.8 Å². The van der Waals surface area contributed by atoms with Crippen LogP contribution in [0.2, 0.25) is 0 Å². The number of benzene rings is 1. The average Bonchev–Trinajstić information content (AvgIpc) is 3.12. The Labute approximate surface area is 122 Å². The van der Waals surface area contributed by atoms with Crippen LogP contribution in [0.5, 0.6) is 11.5 Å². The monoisotopic (exact) mass is 290 g/mol. The molecule has 2 amide bonds. The lowest BCUT2D eigenvalue weighted by atomic mass is 10.1. The zero-order chi connectivity index (χ0) is 14.8. The molecular weight excluding hydrogens is 272 g/mol. The Morgan fingerprint density at radius 3 is 3.00 bits per heavy atom. The average molecular weight is 290 g/mol. The molecule has 1 aromatic carbocycles. The molecule has 0 aromatic heterocycles. The number of aryl methyl sites for hydroxylation is 1. The number of carbonyl (C=O) groups excluding carboxylic acids is 2. The molecule has 0 saturated carbocycles. The zero-order valence-electron chi connectivity index (χ0n) is 11.7. The molecule has 3 rings (SSSR count). The van der Waals surface area contributed by atoms with Crippen molar-refractivity contribution in [3.05, 3.63) is 23.8 Å². The molecule has 112 valence electrons. The fourth-order valence-corrected chi connectivity index (χ4v) is 2.93. The molecular formula is C15H18N2O4.